The van der Waals surface area contributed by atoms with E-state index in [1.54, 1.807) is 19.1 Å². The number of hydrogen-bond acceptors (Lipinski definition) is 3. The fourth-order valence-electron chi connectivity index (χ4n) is 0.940. The van der Waals surface area contributed by atoms with Crippen molar-refractivity contribution < 1.29 is 9.52 Å². The quantitative estimate of drug-likeness (QED) is 0.587. The van der Waals surface area contributed by atoms with Gasteiger partial charge in [0.2, 0.25) is 5.75 Å². The molecule has 0 aromatic carbocycles. The van der Waals surface area contributed by atoms with E-state index in [1.807, 2.05) is 6.92 Å². The van der Waals surface area contributed by atoms with E-state index >= 15 is 0 Å². The van der Waals surface area contributed by atoms with Gasteiger partial charge in [-0.15, -0.1) is 0 Å². The molecule has 3 nitrogen and oxygen atoms in total. The lowest BCUT2D eigenvalue weighted by atomic mass is 10.3. The highest BCUT2D eigenvalue weighted by Crippen LogP contribution is 1.89. The van der Waals surface area contributed by atoms with Crippen LogP contribution in [0.3, 0.4) is 0 Å². The zero-order chi connectivity index (χ0) is 9.14. The summed E-state index contributed by atoms with van der Waals surface area (Å²) in [6.45, 7) is 3.57. The van der Waals surface area contributed by atoms with Crippen LogP contribution in [0.5, 0.6) is 5.75 Å². The van der Waals surface area contributed by atoms with E-state index in [0.29, 0.717) is 5.42 Å². The van der Waals surface area contributed by atoms with Gasteiger partial charge in [-0.25, -0.2) is 4.79 Å². The van der Waals surface area contributed by atoms with Crippen LogP contribution in [0.2, 0.25) is 0 Å². The van der Waals surface area contributed by atoms with Crippen LogP contribution in [-0.4, -0.2) is 5.11 Å². The minimum Gasteiger partial charge on any atom is -0.502 e. The molecule has 1 N–H and O–H groups in total. The highest BCUT2D eigenvalue weighted by atomic mass is 16.4. The Morgan fingerprint density at radius 3 is 2.58 bits per heavy atom. The second kappa shape index (κ2) is 3.26. The lowest BCUT2D eigenvalue weighted by Gasteiger charge is -1.89. The Bertz CT molecular complexity index is 440. The second-order valence-corrected chi connectivity index (χ2v) is 2.32. The molecule has 1 rings (SSSR count). The SMILES string of the molecule is C/C=c1/cc(O)c(=O)o/c1=C/C. The van der Waals surface area contributed by atoms with E-state index in [1.165, 1.54) is 6.07 Å². The van der Waals surface area contributed by atoms with Crippen molar-refractivity contribution in [1.82, 2.24) is 0 Å². The Kier molecular flexibility index (Phi) is 2.33. The van der Waals surface area contributed by atoms with Crippen molar-refractivity contribution in [3.05, 3.63) is 27.1 Å². The predicted molar refractivity (Wildman–Crippen MR) is 46.2 cm³/mol. The molecule has 0 saturated carbocycles. The zero-order valence-corrected chi connectivity index (χ0v) is 7.00. The third-order valence-corrected chi connectivity index (χ3v) is 1.56. The van der Waals surface area contributed by atoms with Crippen LogP contribution in [0.25, 0.3) is 12.2 Å². The molecule has 0 spiro atoms. The predicted octanol–water partition coefficient (Wildman–Crippen LogP) is -0.0538. The molecule has 0 saturated heterocycles. The van der Waals surface area contributed by atoms with Crippen LogP contribution >= 0.6 is 0 Å². The zero-order valence-electron chi connectivity index (χ0n) is 7.00. The third-order valence-electron chi connectivity index (χ3n) is 1.56. The maximum atomic E-state index is 10.8. The molecule has 0 aliphatic rings. The molecule has 0 bridgehead atoms. The first-order chi connectivity index (χ1) is 5.69. The van der Waals surface area contributed by atoms with Crippen LogP contribution in [-0.2, 0) is 0 Å². The maximum absolute atomic E-state index is 10.8. The number of rotatable bonds is 0. The van der Waals surface area contributed by atoms with Gasteiger partial charge in [-0.1, -0.05) is 6.08 Å². The molecule has 0 radical (unpaired) electrons. The molecule has 0 aliphatic carbocycles. The molecule has 0 fully saturated rings. The highest BCUT2D eigenvalue weighted by molar-refractivity contribution is 5.27. The molecule has 0 unspecified atom stereocenters. The smallest absolute Gasteiger partial charge is 0.378 e. The summed E-state index contributed by atoms with van der Waals surface area (Å²) < 4.78 is 4.79. The Morgan fingerprint density at radius 2 is 2.08 bits per heavy atom. The molecule has 1 heterocycles. The van der Waals surface area contributed by atoms with Crippen molar-refractivity contribution in [2.75, 3.05) is 0 Å². The van der Waals surface area contributed by atoms with Gasteiger partial charge in [0.1, 0.15) is 5.42 Å². The minimum absolute atomic E-state index is 0.353. The number of aromatic hydroxyl groups is 1. The summed E-state index contributed by atoms with van der Waals surface area (Å²) in [6, 6.07) is 1.39. The lowest BCUT2D eigenvalue weighted by molar-refractivity contribution is 0.396. The Balaban J connectivity index is 3.76. The molecule has 3 heteroatoms. The van der Waals surface area contributed by atoms with Gasteiger partial charge in [0.25, 0.3) is 0 Å². The molecule has 0 aliphatic heterocycles. The lowest BCUT2D eigenvalue weighted by Crippen LogP contribution is -2.27. The van der Waals surface area contributed by atoms with Crippen molar-refractivity contribution >= 4 is 12.2 Å². The molecule has 0 atom stereocenters. The summed E-state index contributed by atoms with van der Waals surface area (Å²) in [4.78, 5) is 10.8. The first-order valence-electron chi connectivity index (χ1n) is 3.65. The van der Waals surface area contributed by atoms with E-state index in [-0.39, 0.29) is 5.75 Å². The van der Waals surface area contributed by atoms with Gasteiger partial charge >= 0.3 is 5.63 Å². The normalized spacial score (nSPS) is 13.8. The molecular formula is C9H10O3. The molecular weight excluding hydrogens is 156 g/mol. The van der Waals surface area contributed by atoms with E-state index < -0.39 is 5.63 Å². The standard InChI is InChI=1S/C9H10O3/c1-3-6-5-7(10)9(11)12-8(6)4-2/h3-5,10H,1-2H3/b6-3-,8-4+. The molecule has 64 valence electrons. The first-order valence-corrected chi connectivity index (χ1v) is 3.65. The van der Waals surface area contributed by atoms with Crippen LogP contribution in [0, 0.1) is 0 Å². The fourth-order valence-corrected chi connectivity index (χ4v) is 0.940. The van der Waals surface area contributed by atoms with Gasteiger partial charge in [0.05, 0.1) is 0 Å². The summed E-state index contributed by atoms with van der Waals surface area (Å²) in [6.07, 6.45) is 3.44. The Morgan fingerprint density at radius 1 is 1.42 bits per heavy atom. The van der Waals surface area contributed by atoms with Crippen LogP contribution in [0.1, 0.15) is 13.8 Å². The van der Waals surface area contributed by atoms with Crippen LogP contribution in [0.15, 0.2) is 15.3 Å². The van der Waals surface area contributed by atoms with Gasteiger partial charge in [-0.2, -0.15) is 0 Å². The fraction of sp³-hybridized carbons (Fsp3) is 0.222. The topological polar surface area (TPSA) is 50.4 Å². The Labute approximate surface area is 69.3 Å². The molecule has 0 amide bonds. The van der Waals surface area contributed by atoms with E-state index in [9.17, 15) is 4.79 Å². The molecule has 12 heavy (non-hydrogen) atoms. The second-order valence-electron chi connectivity index (χ2n) is 2.32. The Hall–Kier alpha value is -1.51. The number of hydrogen-bond donors (Lipinski definition) is 1. The highest BCUT2D eigenvalue weighted by Gasteiger charge is 1.97. The van der Waals surface area contributed by atoms with Gasteiger partial charge < -0.3 is 9.52 Å². The summed E-state index contributed by atoms with van der Waals surface area (Å²) in [5.41, 5.74) is -0.214. The molecule has 1 aromatic rings. The maximum Gasteiger partial charge on any atom is 0.378 e. The van der Waals surface area contributed by atoms with E-state index in [0.717, 1.165) is 5.22 Å². The molecule has 1 aromatic heterocycles. The van der Waals surface area contributed by atoms with Crippen LogP contribution < -0.4 is 16.3 Å². The van der Waals surface area contributed by atoms with Crippen molar-refractivity contribution in [2.45, 2.75) is 13.8 Å². The van der Waals surface area contributed by atoms with E-state index in [4.69, 9.17) is 9.52 Å². The monoisotopic (exact) mass is 166 g/mol. The summed E-state index contributed by atoms with van der Waals surface area (Å²) in [5, 5.41) is 9.73. The average Bonchev–Trinajstić information content (AvgIpc) is 2.09. The van der Waals surface area contributed by atoms with Crippen molar-refractivity contribution in [2.24, 2.45) is 0 Å². The minimum atomic E-state index is -0.700. The summed E-state index contributed by atoms with van der Waals surface area (Å²) in [5.74, 6) is -0.353. The van der Waals surface area contributed by atoms with E-state index in [2.05, 4.69) is 0 Å². The third kappa shape index (κ3) is 1.39. The van der Waals surface area contributed by atoms with Crippen molar-refractivity contribution in [1.29, 1.82) is 0 Å². The van der Waals surface area contributed by atoms with Crippen LogP contribution in [0.4, 0.5) is 0 Å². The van der Waals surface area contributed by atoms with Gasteiger partial charge in [-0.05, 0) is 26.0 Å². The van der Waals surface area contributed by atoms with Gasteiger partial charge in [-0.3, -0.25) is 0 Å². The van der Waals surface area contributed by atoms with Gasteiger partial charge in [0.15, 0.2) is 0 Å². The van der Waals surface area contributed by atoms with Gasteiger partial charge in [0, 0.05) is 5.22 Å². The largest absolute Gasteiger partial charge is 0.502 e. The average molecular weight is 166 g/mol. The first kappa shape index (κ1) is 8.59. The van der Waals surface area contributed by atoms with Crippen molar-refractivity contribution in [3.8, 4) is 5.75 Å². The van der Waals surface area contributed by atoms with Crippen molar-refractivity contribution in [3.63, 3.8) is 0 Å². The summed E-state index contributed by atoms with van der Waals surface area (Å²) in [7, 11) is 0. The summed E-state index contributed by atoms with van der Waals surface area (Å²) >= 11 is 0.